The first-order chi connectivity index (χ1) is 33.6. The van der Waals surface area contributed by atoms with E-state index in [1.807, 2.05) is 12.3 Å². The molecular formula is C67H70N4OPt. The van der Waals surface area contributed by atoms with Crippen LogP contribution in [0.15, 0.2) is 164 Å². The summed E-state index contributed by atoms with van der Waals surface area (Å²) < 4.78 is 9.22. The van der Waals surface area contributed by atoms with Gasteiger partial charge in [-0.05, 0) is 97.5 Å². The van der Waals surface area contributed by atoms with Crippen LogP contribution in [0.4, 0.5) is 22.7 Å². The molecule has 0 N–H and O–H groups in total. The molecule has 0 spiro atoms. The number of anilines is 4. The second-order valence-electron chi connectivity index (χ2n) is 23.6. The number of hydrogen-bond donors (Lipinski definition) is 0. The molecule has 2 aromatic heterocycles. The maximum atomic E-state index is 6.96. The third-order valence-corrected chi connectivity index (χ3v) is 14.8. The van der Waals surface area contributed by atoms with E-state index >= 15 is 0 Å². The van der Waals surface area contributed by atoms with Gasteiger partial charge in [-0.1, -0.05) is 187 Å². The van der Waals surface area contributed by atoms with Crippen molar-refractivity contribution in [1.29, 1.82) is 0 Å². The van der Waals surface area contributed by atoms with Crippen LogP contribution in [0.1, 0.15) is 129 Å². The Labute approximate surface area is 450 Å². The molecule has 0 atom stereocenters. The summed E-state index contributed by atoms with van der Waals surface area (Å²) in [5, 5.41) is 2.25. The zero-order valence-electron chi connectivity index (χ0n) is 45.2. The summed E-state index contributed by atoms with van der Waals surface area (Å²) in [4.78, 5) is 9.59. The van der Waals surface area contributed by atoms with Gasteiger partial charge in [-0.15, -0.1) is 53.6 Å². The van der Waals surface area contributed by atoms with Crippen molar-refractivity contribution in [1.82, 2.24) is 9.55 Å². The average Bonchev–Trinajstić information content (AvgIpc) is 3.89. The van der Waals surface area contributed by atoms with Crippen LogP contribution in [-0.4, -0.2) is 9.55 Å². The SMILES string of the molecule is CC(C)(C)c1cc(Oc2[c-]c3c(cc2)c2ccc(C(C)(C)C)cc2n3-c2cc(C(C)(C)C)ccn2)[c-]c(N2[CH-]N(c3cc(C(C)(C)c4ccccc4)cc(C(C)(C)c4ccccc4)c3)c3ccccc32)c1.[CH3-].[Pt+4]. The van der Waals surface area contributed by atoms with Gasteiger partial charge in [0.15, 0.2) is 0 Å². The molecule has 0 amide bonds. The Bertz CT molecular complexity index is 3370. The molecule has 9 aromatic rings. The van der Waals surface area contributed by atoms with Gasteiger partial charge in [0.25, 0.3) is 0 Å². The van der Waals surface area contributed by atoms with Crippen molar-refractivity contribution in [2.45, 2.75) is 117 Å². The summed E-state index contributed by atoms with van der Waals surface area (Å²) in [6, 6.07) is 64.8. The van der Waals surface area contributed by atoms with Crippen LogP contribution < -0.4 is 14.5 Å². The van der Waals surface area contributed by atoms with Crippen molar-refractivity contribution < 1.29 is 25.8 Å². The smallest absolute Gasteiger partial charge is 0.509 e. The normalized spacial score (nSPS) is 13.2. The van der Waals surface area contributed by atoms with Crippen LogP contribution in [0, 0.1) is 26.2 Å². The van der Waals surface area contributed by atoms with Gasteiger partial charge < -0.3 is 26.5 Å². The van der Waals surface area contributed by atoms with Crippen molar-refractivity contribution in [2.75, 3.05) is 9.80 Å². The number of hydrogen-bond acceptors (Lipinski definition) is 4. The number of rotatable bonds is 9. The number of fused-ring (bicyclic) bond motifs is 4. The van der Waals surface area contributed by atoms with Crippen molar-refractivity contribution >= 4 is 44.6 Å². The van der Waals surface area contributed by atoms with E-state index in [2.05, 4.69) is 275 Å². The van der Waals surface area contributed by atoms with E-state index in [1.54, 1.807) is 0 Å². The van der Waals surface area contributed by atoms with E-state index in [9.17, 15) is 0 Å². The molecule has 0 fully saturated rings. The minimum atomic E-state index is -0.268. The van der Waals surface area contributed by atoms with Gasteiger partial charge in [0.05, 0.1) is 0 Å². The van der Waals surface area contributed by atoms with Gasteiger partial charge in [-0.25, -0.2) is 4.98 Å². The molecule has 0 unspecified atom stereocenters. The Morgan fingerprint density at radius 2 is 0.986 bits per heavy atom. The molecule has 1 aliphatic rings. The molecule has 0 saturated carbocycles. The van der Waals surface area contributed by atoms with E-state index < -0.39 is 0 Å². The quantitative estimate of drug-likeness (QED) is 0.135. The maximum absolute atomic E-state index is 6.96. The fourth-order valence-electron chi connectivity index (χ4n) is 9.98. The van der Waals surface area contributed by atoms with Crippen LogP contribution >= 0.6 is 0 Å². The van der Waals surface area contributed by atoms with E-state index in [1.165, 1.54) is 33.4 Å². The second-order valence-corrected chi connectivity index (χ2v) is 23.6. The third-order valence-electron chi connectivity index (χ3n) is 14.8. The minimum absolute atomic E-state index is 0. The third kappa shape index (κ3) is 10.0. The molecule has 0 radical (unpaired) electrons. The van der Waals surface area contributed by atoms with Gasteiger partial charge in [-0.3, -0.25) is 0 Å². The van der Waals surface area contributed by atoms with Gasteiger partial charge >= 0.3 is 21.1 Å². The molecule has 0 aliphatic carbocycles. The van der Waals surface area contributed by atoms with Crippen LogP contribution in [0.25, 0.3) is 27.6 Å². The summed E-state index contributed by atoms with van der Waals surface area (Å²) in [7, 11) is 0. The number of ether oxygens (including phenoxy) is 1. The van der Waals surface area contributed by atoms with E-state index in [0.717, 1.165) is 55.9 Å². The Morgan fingerprint density at radius 3 is 1.56 bits per heavy atom. The number of aromatic nitrogens is 2. The molecule has 0 bridgehead atoms. The Kier molecular flexibility index (Phi) is 14.1. The molecule has 0 saturated heterocycles. The molecule has 7 aromatic carbocycles. The average molecular weight is 1140 g/mol. The summed E-state index contributed by atoms with van der Waals surface area (Å²) in [6.07, 6.45) is 1.93. The predicted octanol–water partition coefficient (Wildman–Crippen LogP) is 18.0. The van der Waals surface area contributed by atoms with E-state index in [0.29, 0.717) is 11.5 Å². The minimum Gasteiger partial charge on any atom is -0.509 e. The van der Waals surface area contributed by atoms with Crippen LogP contribution in [-0.2, 0) is 48.1 Å². The molecule has 3 heterocycles. The number of nitrogens with zero attached hydrogens (tertiary/aromatic N) is 4. The van der Waals surface area contributed by atoms with Crippen LogP contribution in [0.3, 0.4) is 0 Å². The summed E-state index contributed by atoms with van der Waals surface area (Å²) >= 11 is 0. The Hall–Kier alpha value is -6.42. The van der Waals surface area contributed by atoms with Gasteiger partial charge in [0.1, 0.15) is 5.82 Å². The molecule has 10 rings (SSSR count). The number of pyridine rings is 1. The van der Waals surface area contributed by atoms with Gasteiger partial charge in [0, 0.05) is 51.1 Å². The first-order valence-corrected chi connectivity index (χ1v) is 25.1. The molecule has 5 nitrogen and oxygen atoms in total. The zero-order valence-corrected chi connectivity index (χ0v) is 47.5. The number of para-hydroxylation sites is 2. The van der Waals surface area contributed by atoms with Crippen molar-refractivity contribution in [3.8, 4) is 17.3 Å². The summed E-state index contributed by atoms with van der Waals surface area (Å²) in [5.41, 5.74) is 14.0. The maximum Gasteiger partial charge on any atom is 4.00 e. The Balaban J connectivity index is 0.00000356. The molecule has 1 aliphatic heterocycles. The summed E-state index contributed by atoms with van der Waals surface area (Å²) in [5.74, 6) is 2.09. The molecule has 6 heteroatoms. The molecule has 374 valence electrons. The first-order valence-electron chi connectivity index (χ1n) is 25.1. The standard InChI is InChI=1S/C66H67N4O.CH3.Pt/c1-62(2,3)46-28-30-55-56-31-29-53(42-60(56)70(59(55)39-46)61-40-47(32-33-67-61)63(4,5)6)71-54-38-48(64(7,8)9)35-52(41-54)69-43-68(57-26-20-21-27-58(57)69)51-36-49(65(10,11)44-22-16-14-17-23-44)34-50(37-51)66(12,13)45-24-18-15-19-25-45;;/h14-40,43H,1-13H3;1H3;/q-3;-1;+4. The molecule has 73 heavy (non-hydrogen) atoms. The zero-order chi connectivity index (χ0) is 50.3. The fourth-order valence-corrected chi connectivity index (χ4v) is 9.98. The molecular weight excluding hydrogens is 1070 g/mol. The largest absolute Gasteiger partial charge is 4.00 e. The fraction of sp³-hybridized carbons (Fsp3) is 0.269. The van der Waals surface area contributed by atoms with Crippen LogP contribution in [0.5, 0.6) is 11.5 Å². The predicted molar refractivity (Wildman–Crippen MR) is 304 cm³/mol. The number of benzene rings is 7. The van der Waals surface area contributed by atoms with Gasteiger partial charge in [0.2, 0.25) is 0 Å². The Morgan fingerprint density at radius 1 is 0.452 bits per heavy atom. The topological polar surface area (TPSA) is 33.5 Å². The first kappa shape index (κ1) is 52.9. The van der Waals surface area contributed by atoms with Gasteiger partial charge in [-0.2, -0.15) is 6.07 Å². The van der Waals surface area contributed by atoms with E-state index in [-0.39, 0.29) is 55.6 Å². The monoisotopic (exact) mass is 1140 g/mol. The van der Waals surface area contributed by atoms with Crippen molar-refractivity contribution in [3.63, 3.8) is 0 Å². The second kappa shape index (κ2) is 19.5. The van der Waals surface area contributed by atoms with Crippen molar-refractivity contribution in [2.24, 2.45) is 0 Å². The van der Waals surface area contributed by atoms with E-state index in [4.69, 9.17) is 9.72 Å². The van der Waals surface area contributed by atoms with Crippen LogP contribution in [0.2, 0.25) is 0 Å². The van der Waals surface area contributed by atoms with Crippen molar-refractivity contribution in [3.05, 3.63) is 229 Å². The summed E-state index contributed by atoms with van der Waals surface area (Å²) in [6.45, 7) is 31.8.